The van der Waals surface area contributed by atoms with E-state index in [1.807, 2.05) is 0 Å². The second-order valence-corrected chi connectivity index (χ2v) is 5.64. The number of hydrogen-bond acceptors (Lipinski definition) is 4. The van der Waals surface area contributed by atoms with Crippen molar-refractivity contribution in [3.63, 3.8) is 0 Å². The van der Waals surface area contributed by atoms with Crippen LogP contribution in [0.25, 0.3) is 0 Å². The van der Waals surface area contributed by atoms with Crippen LogP contribution in [0.2, 0.25) is 0 Å². The Labute approximate surface area is 159 Å². The average Bonchev–Trinajstić information content (AvgIpc) is 2.65. The molecule has 0 heterocycles. The van der Waals surface area contributed by atoms with E-state index >= 15 is 0 Å². The zero-order chi connectivity index (χ0) is 20.6. The molecule has 150 valence electrons. The fourth-order valence-corrected chi connectivity index (χ4v) is 2.27. The monoisotopic (exact) mass is 396 g/mol. The number of anilines is 1. The van der Waals surface area contributed by atoms with Gasteiger partial charge in [-0.1, -0.05) is 12.1 Å². The van der Waals surface area contributed by atoms with E-state index in [-0.39, 0.29) is 13.2 Å². The Kier molecular flexibility index (Phi) is 7.25. The molecule has 0 aliphatic rings. The first kappa shape index (κ1) is 21.1. The largest absolute Gasteiger partial charge is 0.497 e. The molecule has 2 aromatic rings. The summed E-state index contributed by atoms with van der Waals surface area (Å²) in [5.41, 5.74) is -1.37. The van der Waals surface area contributed by atoms with Gasteiger partial charge >= 0.3 is 6.18 Å². The minimum absolute atomic E-state index is 0.136. The summed E-state index contributed by atoms with van der Waals surface area (Å²) in [5, 5.41) is 4.58. The molecule has 0 saturated heterocycles. The number of alkyl halides is 3. The van der Waals surface area contributed by atoms with Gasteiger partial charge in [-0.3, -0.25) is 9.59 Å². The topological polar surface area (TPSA) is 76.7 Å². The molecule has 0 saturated carbocycles. The maximum Gasteiger partial charge on any atom is 0.418 e. The molecule has 0 bridgehead atoms. The molecule has 0 aliphatic carbocycles. The molecular weight excluding hydrogens is 377 g/mol. The van der Waals surface area contributed by atoms with E-state index in [2.05, 4.69) is 10.6 Å². The van der Waals surface area contributed by atoms with Gasteiger partial charge in [0, 0.05) is 0 Å². The summed E-state index contributed by atoms with van der Waals surface area (Å²) >= 11 is 0. The Balaban J connectivity index is 1.75. The molecule has 0 spiro atoms. The smallest absolute Gasteiger partial charge is 0.418 e. The fraction of sp³-hybridized carbons (Fsp3) is 0.263. The van der Waals surface area contributed by atoms with E-state index in [4.69, 9.17) is 9.47 Å². The van der Waals surface area contributed by atoms with Crippen LogP contribution in [-0.2, 0) is 15.8 Å². The van der Waals surface area contributed by atoms with Crippen molar-refractivity contribution in [2.75, 3.05) is 25.6 Å². The van der Waals surface area contributed by atoms with Crippen LogP contribution in [0.5, 0.6) is 11.5 Å². The Bertz CT molecular complexity index is 808. The number of amides is 2. The zero-order valence-electron chi connectivity index (χ0n) is 15.0. The second-order valence-electron chi connectivity index (χ2n) is 5.64. The third kappa shape index (κ3) is 6.49. The summed E-state index contributed by atoms with van der Waals surface area (Å²) in [6, 6.07) is 11.4. The summed E-state index contributed by atoms with van der Waals surface area (Å²) in [5.74, 6) is -0.207. The van der Waals surface area contributed by atoms with Gasteiger partial charge in [-0.2, -0.15) is 13.2 Å². The quantitative estimate of drug-likeness (QED) is 0.531. The molecule has 2 amide bonds. The second kappa shape index (κ2) is 9.63. The van der Waals surface area contributed by atoms with E-state index in [1.165, 1.54) is 12.1 Å². The van der Waals surface area contributed by atoms with Crippen molar-refractivity contribution in [1.82, 2.24) is 5.32 Å². The van der Waals surface area contributed by atoms with Crippen LogP contribution in [0, 0.1) is 0 Å². The van der Waals surface area contributed by atoms with Gasteiger partial charge in [-0.25, -0.2) is 0 Å². The van der Waals surface area contributed by atoms with E-state index in [9.17, 15) is 22.8 Å². The van der Waals surface area contributed by atoms with Gasteiger partial charge < -0.3 is 20.1 Å². The van der Waals surface area contributed by atoms with Gasteiger partial charge in [0.1, 0.15) is 24.5 Å². The fourth-order valence-electron chi connectivity index (χ4n) is 2.27. The number of carbonyl (C=O) groups is 2. The number of methoxy groups -OCH3 is 1. The van der Waals surface area contributed by atoms with Crippen molar-refractivity contribution in [3.8, 4) is 11.5 Å². The van der Waals surface area contributed by atoms with Gasteiger partial charge in [0.25, 0.3) is 0 Å². The van der Waals surface area contributed by atoms with E-state index in [0.29, 0.717) is 11.5 Å². The maximum atomic E-state index is 12.9. The summed E-state index contributed by atoms with van der Waals surface area (Å²) in [6.07, 6.45) is -5.21. The molecule has 6 nitrogen and oxygen atoms in total. The minimum atomic E-state index is -4.61. The number of nitrogens with one attached hydrogen (secondary N) is 2. The molecule has 0 aliphatic heterocycles. The molecule has 0 unspecified atom stereocenters. The van der Waals surface area contributed by atoms with Gasteiger partial charge in [-0.05, 0) is 36.4 Å². The highest BCUT2D eigenvalue weighted by atomic mass is 19.4. The molecule has 0 radical (unpaired) electrons. The lowest BCUT2D eigenvalue weighted by Crippen LogP contribution is -2.31. The first-order chi connectivity index (χ1) is 13.3. The highest BCUT2D eigenvalue weighted by molar-refractivity contribution is 6.03. The van der Waals surface area contributed by atoms with Crippen LogP contribution >= 0.6 is 0 Å². The number of rotatable bonds is 8. The maximum absolute atomic E-state index is 12.9. The van der Waals surface area contributed by atoms with Crippen molar-refractivity contribution < 1.29 is 32.2 Å². The Hall–Kier alpha value is -3.23. The first-order valence-electron chi connectivity index (χ1n) is 8.29. The van der Waals surface area contributed by atoms with Crippen LogP contribution in [-0.4, -0.2) is 32.1 Å². The number of hydrogen-bond donors (Lipinski definition) is 2. The highest BCUT2D eigenvalue weighted by Crippen LogP contribution is 2.34. The lowest BCUT2D eigenvalue weighted by atomic mass is 10.1. The van der Waals surface area contributed by atoms with Crippen molar-refractivity contribution in [2.45, 2.75) is 12.6 Å². The van der Waals surface area contributed by atoms with Crippen LogP contribution in [0.4, 0.5) is 18.9 Å². The predicted octanol–water partition coefficient (Wildman–Crippen LogP) is 3.24. The first-order valence-corrected chi connectivity index (χ1v) is 8.29. The summed E-state index contributed by atoms with van der Waals surface area (Å²) in [7, 11) is 1.54. The SMILES string of the molecule is COc1ccc(OCCNC(=O)CC(=O)Nc2ccccc2C(F)(F)F)cc1. The lowest BCUT2D eigenvalue weighted by Gasteiger charge is -2.13. The van der Waals surface area contributed by atoms with Crippen LogP contribution in [0.3, 0.4) is 0 Å². The highest BCUT2D eigenvalue weighted by Gasteiger charge is 2.33. The van der Waals surface area contributed by atoms with Crippen LogP contribution in [0.1, 0.15) is 12.0 Å². The van der Waals surface area contributed by atoms with Crippen LogP contribution < -0.4 is 20.1 Å². The molecule has 2 rings (SSSR count). The van der Waals surface area contributed by atoms with Crippen molar-refractivity contribution in [2.24, 2.45) is 0 Å². The van der Waals surface area contributed by atoms with E-state index in [1.54, 1.807) is 31.4 Å². The molecular formula is C19H19F3N2O4. The van der Waals surface area contributed by atoms with E-state index in [0.717, 1.165) is 12.1 Å². The molecule has 0 aromatic heterocycles. The number of para-hydroxylation sites is 1. The van der Waals surface area contributed by atoms with E-state index < -0.39 is 35.7 Å². The van der Waals surface area contributed by atoms with Gasteiger partial charge in [0.2, 0.25) is 11.8 Å². The Morgan fingerprint density at radius 3 is 2.25 bits per heavy atom. The molecule has 9 heteroatoms. The number of benzene rings is 2. The third-order valence-corrected chi connectivity index (χ3v) is 3.58. The number of halogens is 3. The molecule has 0 atom stereocenters. The standard InChI is InChI=1S/C19H19F3N2O4/c1-27-13-6-8-14(9-7-13)28-11-10-23-17(25)12-18(26)24-16-5-3-2-4-15(16)19(20,21)22/h2-9H,10-12H2,1H3,(H,23,25)(H,24,26). The third-order valence-electron chi connectivity index (χ3n) is 3.58. The molecule has 2 N–H and O–H groups in total. The van der Waals surface area contributed by atoms with Crippen molar-refractivity contribution >= 4 is 17.5 Å². The predicted molar refractivity (Wildman–Crippen MR) is 96.2 cm³/mol. The van der Waals surface area contributed by atoms with Crippen molar-refractivity contribution in [3.05, 3.63) is 54.1 Å². The number of carbonyl (C=O) groups excluding carboxylic acids is 2. The van der Waals surface area contributed by atoms with Crippen LogP contribution in [0.15, 0.2) is 48.5 Å². The Morgan fingerprint density at radius 1 is 0.964 bits per heavy atom. The normalized spacial score (nSPS) is 10.9. The summed E-state index contributed by atoms with van der Waals surface area (Å²) in [6.45, 7) is 0.299. The van der Waals surface area contributed by atoms with Gasteiger partial charge in [-0.15, -0.1) is 0 Å². The molecule has 28 heavy (non-hydrogen) atoms. The molecule has 2 aromatic carbocycles. The summed E-state index contributed by atoms with van der Waals surface area (Å²) in [4.78, 5) is 23.6. The average molecular weight is 396 g/mol. The lowest BCUT2D eigenvalue weighted by molar-refractivity contribution is -0.137. The Morgan fingerprint density at radius 2 is 1.61 bits per heavy atom. The molecule has 0 fully saturated rings. The number of ether oxygens (including phenoxy) is 2. The van der Waals surface area contributed by atoms with Crippen molar-refractivity contribution in [1.29, 1.82) is 0 Å². The minimum Gasteiger partial charge on any atom is -0.497 e. The zero-order valence-corrected chi connectivity index (χ0v) is 15.0. The van der Waals surface area contributed by atoms with Gasteiger partial charge in [0.05, 0.1) is 24.9 Å². The summed E-state index contributed by atoms with van der Waals surface area (Å²) < 4.78 is 49.1. The van der Waals surface area contributed by atoms with Gasteiger partial charge in [0.15, 0.2) is 0 Å².